The van der Waals surface area contributed by atoms with E-state index in [0.29, 0.717) is 11.4 Å². The SMILES string of the molecule is COC1CC1c1ccc(F)c2nn(C)cc12. The topological polar surface area (TPSA) is 27.1 Å². The number of benzene rings is 1. The predicted molar refractivity (Wildman–Crippen MR) is 58.8 cm³/mol. The number of rotatable bonds is 2. The summed E-state index contributed by atoms with van der Waals surface area (Å²) in [5.74, 6) is 0.145. The first kappa shape index (κ1) is 9.78. The molecule has 1 fully saturated rings. The van der Waals surface area contributed by atoms with E-state index in [1.54, 1.807) is 11.8 Å². The molecule has 2 atom stereocenters. The first-order valence-corrected chi connectivity index (χ1v) is 5.35. The molecule has 4 heteroatoms. The third kappa shape index (κ3) is 1.33. The van der Waals surface area contributed by atoms with Crippen LogP contribution in [0.15, 0.2) is 18.3 Å². The summed E-state index contributed by atoms with van der Waals surface area (Å²) in [6, 6.07) is 3.35. The number of methoxy groups -OCH3 is 1. The van der Waals surface area contributed by atoms with Crippen LogP contribution in [0.1, 0.15) is 17.9 Å². The van der Waals surface area contributed by atoms with Gasteiger partial charge in [-0.3, -0.25) is 4.68 Å². The van der Waals surface area contributed by atoms with E-state index in [4.69, 9.17) is 4.74 Å². The van der Waals surface area contributed by atoms with Crippen molar-refractivity contribution in [2.45, 2.75) is 18.4 Å². The summed E-state index contributed by atoms with van der Waals surface area (Å²) in [5.41, 5.74) is 1.61. The molecule has 0 aliphatic heterocycles. The van der Waals surface area contributed by atoms with E-state index in [2.05, 4.69) is 5.10 Å². The number of halogens is 1. The number of aryl methyl sites for hydroxylation is 1. The zero-order chi connectivity index (χ0) is 11.3. The molecule has 0 bridgehead atoms. The molecule has 0 N–H and O–H groups in total. The second kappa shape index (κ2) is 3.28. The van der Waals surface area contributed by atoms with E-state index in [0.717, 1.165) is 17.4 Å². The highest BCUT2D eigenvalue weighted by Crippen LogP contribution is 2.45. The van der Waals surface area contributed by atoms with Gasteiger partial charge in [-0.1, -0.05) is 6.07 Å². The number of hydrogen-bond acceptors (Lipinski definition) is 2. The number of fused-ring (bicyclic) bond motifs is 1. The Labute approximate surface area is 92.8 Å². The van der Waals surface area contributed by atoms with Crippen molar-refractivity contribution in [1.82, 2.24) is 9.78 Å². The van der Waals surface area contributed by atoms with Crippen LogP contribution < -0.4 is 0 Å². The minimum atomic E-state index is -0.256. The van der Waals surface area contributed by atoms with Crippen LogP contribution in [0.3, 0.4) is 0 Å². The molecule has 0 spiro atoms. The molecule has 3 rings (SSSR count). The summed E-state index contributed by atoms with van der Waals surface area (Å²) in [7, 11) is 3.53. The summed E-state index contributed by atoms with van der Waals surface area (Å²) >= 11 is 0. The third-order valence-corrected chi connectivity index (χ3v) is 3.21. The molecule has 1 aliphatic rings. The lowest BCUT2D eigenvalue weighted by molar-refractivity contribution is 0.178. The average Bonchev–Trinajstić information content (AvgIpc) is 2.93. The van der Waals surface area contributed by atoms with Crippen LogP contribution in [-0.2, 0) is 11.8 Å². The van der Waals surface area contributed by atoms with Gasteiger partial charge in [-0.25, -0.2) is 4.39 Å². The predicted octanol–water partition coefficient (Wildman–Crippen LogP) is 2.21. The Kier molecular flexibility index (Phi) is 2.01. The molecule has 1 saturated carbocycles. The molecular weight excluding hydrogens is 207 g/mol. The lowest BCUT2D eigenvalue weighted by atomic mass is 10.1. The van der Waals surface area contributed by atoms with E-state index >= 15 is 0 Å². The van der Waals surface area contributed by atoms with Crippen molar-refractivity contribution in [2.75, 3.05) is 7.11 Å². The molecule has 3 nitrogen and oxygen atoms in total. The minimum Gasteiger partial charge on any atom is -0.381 e. The molecule has 0 saturated heterocycles. The maximum Gasteiger partial charge on any atom is 0.151 e. The molecule has 2 unspecified atom stereocenters. The lowest BCUT2D eigenvalue weighted by Gasteiger charge is -2.01. The number of nitrogens with zero attached hydrogens (tertiary/aromatic N) is 2. The van der Waals surface area contributed by atoms with Crippen molar-refractivity contribution in [2.24, 2.45) is 7.05 Å². The lowest BCUT2D eigenvalue weighted by Crippen LogP contribution is -1.92. The van der Waals surface area contributed by atoms with Gasteiger partial charge >= 0.3 is 0 Å². The van der Waals surface area contributed by atoms with Gasteiger partial charge < -0.3 is 4.74 Å². The van der Waals surface area contributed by atoms with Gasteiger partial charge in [0.15, 0.2) is 5.82 Å². The van der Waals surface area contributed by atoms with Crippen molar-refractivity contribution >= 4 is 10.9 Å². The van der Waals surface area contributed by atoms with Gasteiger partial charge in [0, 0.05) is 31.7 Å². The van der Waals surface area contributed by atoms with Gasteiger partial charge in [0.2, 0.25) is 0 Å². The van der Waals surface area contributed by atoms with E-state index in [-0.39, 0.29) is 11.9 Å². The minimum absolute atomic E-state index is 0.256. The van der Waals surface area contributed by atoms with Crippen molar-refractivity contribution in [3.63, 3.8) is 0 Å². The molecular formula is C12H13FN2O. The second-order valence-corrected chi connectivity index (χ2v) is 4.32. The van der Waals surface area contributed by atoms with Crippen LogP contribution >= 0.6 is 0 Å². The van der Waals surface area contributed by atoms with Crippen LogP contribution in [-0.4, -0.2) is 23.0 Å². The standard InChI is InChI=1S/C12H13FN2O/c1-15-6-9-7(8-5-11(8)16-2)3-4-10(13)12(9)14-15/h3-4,6,8,11H,5H2,1-2H3. The van der Waals surface area contributed by atoms with Crippen LogP contribution in [0.25, 0.3) is 10.9 Å². The molecule has 1 heterocycles. The molecule has 16 heavy (non-hydrogen) atoms. The second-order valence-electron chi connectivity index (χ2n) is 4.32. The van der Waals surface area contributed by atoms with Crippen molar-refractivity contribution in [3.05, 3.63) is 29.7 Å². The summed E-state index contributed by atoms with van der Waals surface area (Å²) < 4.78 is 20.5. The average molecular weight is 220 g/mol. The monoisotopic (exact) mass is 220 g/mol. The largest absolute Gasteiger partial charge is 0.381 e. The van der Waals surface area contributed by atoms with Gasteiger partial charge in [-0.05, 0) is 18.1 Å². The van der Waals surface area contributed by atoms with Crippen LogP contribution in [0.2, 0.25) is 0 Å². The fourth-order valence-electron chi connectivity index (χ4n) is 2.29. The summed E-state index contributed by atoms with van der Waals surface area (Å²) in [5, 5.41) is 5.04. The summed E-state index contributed by atoms with van der Waals surface area (Å²) in [4.78, 5) is 0. The Balaban J connectivity index is 2.15. The van der Waals surface area contributed by atoms with E-state index in [1.165, 1.54) is 6.07 Å². The van der Waals surface area contributed by atoms with Gasteiger partial charge in [0.05, 0.1) is 6.10 Å². The highest BCUT2D eigenvalue weighted by Gasteiger charge is 2.39. The van der Waals surface area contributed by atoms with Crippen LogP contribution in [0.4, 0.5) is 4.39 Å². The zero-order valence-corrected chi connectivity index (χ0v) is 9.27. The van der Waals surface area contributed by atoms with Gasteiger partial charge in [-0.2, -0.15) is 5.10 Å². The zero-order valence-electron chi connectivity index (χ0n) is 9.27. The molecule has 0 radical (unpaired) electrons. The molecule has 1 aromatic carbocycles. The van der Waals surface area contributed by atoms with E-state index < -0.39 is 0 Å². The fourth-order valence-corrected chi connectivity index (χ4v) is 2.29. The van der Waals surface area contributed by atoms with Gasteiger partial charge in [0.25, 0.3) is 0 Å². The fraction of sp³-hybridized carbons (Fsp3) is 0.417. The first-order chi connectivity index (χ1) is 7.70. The normalized spacial score (nSPS) is 23.9. The summed E-state index contributed by atoms with van der Waals surface area (Å²) in [6.45, 7) is 0. The first-order valence-electron chi connectivity index (χ1n) is 5.35. The van der Waals surface area contributed by atoms with E-state index in [9.17, 15) is 4.39 Å². The quantitative estimate of drug-likeness (QED) is 0.776. The molecule has 1 aliphatic carbocycles. The molecule has 84 valence electrons. The number of ether oxygens (including phenoxy) is 1. The maximum absolute atomic E-state index is 13.5. The van der Waals surface area contributed by atoms with Gasteiger partial charge in [0.1, 0.15) is 5.52 Å². The van der Waals surface area contributed by atoms with Crippen molar-refractivity contribution in [1.29, 1.82) is 0 Å². The Morgan fingerprint density at radius 3 is 3.00 bits per heavy atom. The Bertz CT molecular complexity index is 549. The van der Waals surface area contributed by atoms with Crippen LogP contribution in [0.5, 0.6) is 0 Å². The molecule has 1 aromatic heterocycles. The number of hydrogen-bond donors (Lipinski definition) is 0. The molecule has 0 amide bonds. The Hall–Kier alpha value is -1.42. The number of aromatic nitrogens is 2. The highest BCUT2D eigenvalue weighted by atomic mass is 19.1. The maximum atomic E-state index is 13.5. The van der Waals surface area contributed by atoms with Gasteiger partial charge in [-0.15, -0.1) is 0 Å². The summed E-state index contributed by atoms with van der Waals surface area (Å²) in [6.07, 6.45) is 3.18. The van der Waals surface area contributed by atoms with E-state index in [1.807, 2.05) is 19.3 Å². The smallest absolute Gasteiger partial charge is 0.151 e. The molecule has 2 aromatic rings. The van der Waals surface area contributed by atoms with Crippen LogP contribution in [0, 0.1) is 5.82 Å². The Morgan fingerprint density at radius 1 is 1.50 bits per heavy atom. The Morgan fingerprint density at radius 2 is 2.31 bits per heavy atom. The third-order valence-electron chi connectivity index (χ3n) is 3.21. The van der Waals surface area contributed by atoms with Crippen molar-refractivity contribution in [3.8, 4) is 0 Å². The highest BCUT2D eigenvalue weighted by molar-refractivity contribution is 5.83. The van der Waals surface area contributed by atoms with Crippen molar-refractivity contribution < 1.29 is 9.13 Å².